The summed E-state index contributed by atoms with van der Waals surface area (Å²) < 4.78 is 5.86. The summed E-state index contributed by atoms with van der Waals surface area (Å²) in [6.45, 7) is 2.11. The predicted octanol–water partition coefficient (Wildman–Crippen LogP) is 0.798. The molecule has 0 saturated carbocycles. The van der Waals surface area contributed by atoms with Crippen molar-refractivity contribution in [3.63, 3.8) is 0 Å². The maximum absolute atomic E-state index is 12.6. The molecule has 122 valence electrons. The first-order valence-electron chi connectivity index (χ1n) is 7.02. The Balaban J connectivity index is 2.43. The van der Waals surface area contributed by atoms with Crippen LogP contribution in [-0.4, -0.2) is 40.8 Å². The standard InChI is InChI=1S/C15H17N3O4S/c1-3-16-12(19)9-23-15-17-11-7-5-4-6-10(11)14(21)18(15)8-13(20)22-2/h4-7H,3,8-9H2,1-2H3,(H,16,19). The minimum absolute atomic E-state index is 0.111. The van der Waals surface area contributed by atoms with Crippen molar-refractivity contribution in [3.05, 3.63) is 34.6 Å². The second-order valence-corrected chi connectivity index (χ2v) is 5.56. The maximum atomic E-state index is 12.6. The van der Waals surface area contributed by atoms with Gasteiger partial charge in [-0.1, -0.05) is 23.9 Å². The number of ether oxygens (including phenoxy) is 1. The first-order valence-corrected chi connectivity index (χ1v) is 8.01. The lowest BCUT2D eigenvalue weighted by atomic mass is 10.2. The zero-order valence-corrected chi connectivity index (χ0v) is 13.7. The number of fused-ring (bicyclic) bond motifs is 1. The average Bonchev–Trinajstić information content (AvgIpc) is 2.56. The van der Waals surface area contributed by atoms with Crippen LogP contribution < -0.4 is 10.9 Å². The van der Waals surface area contributed by atoms with E-state index in [4.69, 9.17) is 0 Å². The third kappa shape index (κ3) is 4.10. The molecule has 1 N–H and O–H groups in total. The van der Waals surface area contributed by atoms with Crippen molar-refractivity contribution in [3.8, 4) is 0 Å². The number of thioether (sulfide) groups is 1. The summed E-state index contributed by atoms with van der Waals surface area (Å²) in [7, 11) is 1.25. The number of aromatic nitrogens is 2. The molecule has 0 spiro atoms. The molecular weight excluding hydrogens is 318 g/mol. The highest BCUT2D eigenvalue weighted by Gasteiger charge is 2.15. The molecule has 0 aliphatic rings. The summed E-state index contributed by atoms with van der Waals surface area (Å²) in [5.41, 5.74) is 0.191. The molecule has 8 heteroatoms. The van der Waals surface area contributed by atoms with Crippen LogP contribution in [0.1, 0.15) is 6.92 Å². The number of hydrogen-bond acceptors (Lipinski definition) is 6. The Morgan fingerprint density at radius 2 is 2.09 bits per heavy atom. The molecule has 0 aliphatic carbocycles. The zero-order valence-electron chi connectivity index (χ0n) is 12.9. The van der Waals surface area contributed by atoms with Gasteiger partial charge in [-0.3, -0.25) is 19.0 Å². The molecule has 1 heterocycles. The third-order valence-electron chi connectivity index (χ3n) is 3.05. The second-order valence-electron chi connectivity index (χ2n) is 4.62. The maximum Gasteiger partial charge on any atom is 0.325 e. The molecule has 0 saturated heterocycles. The van der Waals surface area contributed by atoms with Crippen molar-refractivity contribution in [2.45, 2.75) is 18.6 Å². The Morgan fingerprint density at radius 3 is 2.78 bits per heavy atom. The van der Waals surface area contributed by atoms with E-state index in [0.717, 1.165) is 11.8 Å². The minimum Gasteiger partial charge on any atom is -0.468 e. The van der Waals surface area contributed by atoms with E-state index in [1.54, 1.807) is 24.3 Å². The summed E-state index contributed by atoms with van der Waals surface area (Å²) in [5.74, 6) is -0.603. The first kappa shape index (κ1) is 17.0. The van der Waals surface area contributed by atoms with Gasteiger partial charge in [0, 0.05) is 6.54 Å². The number of carbonyl (C=O) groups excluding carboxylic acids is 2. The van der Waals surface area contributed by atoms with Gasteiger partial charge in [0.25, 0.3) is 5.56 Å². The van der Waals surface area contributed by atoms with E-state index in [-0.39, 0.29) is 23.8 Å². The van der Waals surface area contributed by atoms with Crippen LogP contribution >= 0.6 is 11.8 Å². The molecule has 23 heavy (non-hydrogen) atoms. The Hall–Kier alpha value is -2.35. The number of hydrogen-bond donors (Lipinski definition) is 1. The van der Waals surface area contributed by atoms with Crippen LogP contribution in [0.4, 0.5) is 0 Å². The molecule has 0 atom stereocenters. The molecular formula is C15H17N3O4S. The van der Waals surface area contributed by atoms with E-state index in [1.807, 2.05) is 6.92 Å². The predicted molar refractivity (Wildman–Crippen MR) is 87.4 cm³/mol. The number of para-hydroxylation sites is 1. The first-order chi connectivity index (χ1) is 11.1. The van der Waals surface area contributed by atoms with Crippen LogP contribution in [0.5, 0.6) is 0 Å². The van der Waals surface area contributed by atoms with Gasteiger partial charge >= 0.3 is 5.97 Å². The molecule has 1 amide bonds. The highest BCUT2D eigenvalue weighted by atomic mass is 32.2. The number of benzene rings is 1. The fourth-order valence-electron chi connectivity index (χ4n) is 1.97. The van der Waals surface area contributed by atoms with Crippen molar-refractivity contribution >= 4 is 34.5 Å². The van der Waals surface area contributed by atoms with Gasteiger partial charge in [0.05, 0.1) is 23.8 Å². The quantitative estimate of drug-likeness (QED) is 0.477. The Kier molecular flexibility index (Phi) is 5.75. The Labute approximate surface area is 137 Å². The molecule has 0 bridgehead atoms. The zero-order chi connectivity index (χ0) is 16.8. The van der Waals surface area contributed by atoms with Crippen molar-refractivity contribution in [2.24, 2.45) is 0 Å². The molecule has 0 fully saturated rings. The fraction of sp³-hybridized carbons (Fsp3) is 0.333. The lowest BCUT2D eigenvalue weighted by Crippen LogP contribution is -2.29. The van der Waals surface area contributed by atoms with Gasteiger partial charge in [0.15, 0.2) is 5.16 Å². The summed E-state index contributed by atoms with van der Waals surface area (Å²) in [4.78, 5) is 40.1. The number of esters is 1. The molecule has 2 aromatic rings. The van der Waals surface area contributed by atoms with Gasteiger partial charge in [-0.2, -0.15) is 0 Å². The lowest BCUT2D eigenvalue weighted by Gasteiger charge is -2.12. The van der Waals surface area contributed by atoms with E-state index in [0.29, 0.717) is 22.6 Å². The summed E-state index contributed by atoms with van der Waals surface area (Å²) >= 11 is 1.11. The van der Waals surface area contributed by atoms with Gasteiger partial charge < -0.3 is 10.1 Å². The normalized spacial score (nSPS) is 10.5. The third-order valence-corrected chi connectivity index (χ3v) is 4.02. The topological polar surface area (TPSA) is 90.3 Å². The van der Waals surface area contributed by atoms with Crippen LogP contribution in [0.25, 0.3) is 10.9 Å². The number of methoxy groups -OCH3 is 1. The smallest absolute Gasteiger partial charge is 0.325 e. The van der Waals surface area contributed by atoms with Gasteiger partial charge in [-0.05, 0) is 19.1 Å². The molecule has 1 aromatic heterocycles. The highest BCUT2D eigenvalue weighted by molar-refractivity contribution is 7.99. The van der Waals surface area contributed by atoms with Gasteiger partial charge in [-0.25, -0.2) is 4.98 Å². The summed E-state index contributed by atoms with van der Waals surface area (Å²) in [6, 6.07) is 6.87. The van der Waals surface area contributed by atoms with Crippen LogP contribution in [0.2, 0.25) is 0 Å². The van der Waals surface area contributed by atoms with E-state index in [1.165, 1.54) is 11.7 Å². The van der Waals surface area contributed by atoms with E-state index >= 15 is 0 Å². The Morgan fingerprint density at radius 1 is 1.35 bits per heavy atom. The van der Waals surface area contributed by atoms with Crippen molar-refractivity contribution in [2.75, 3.05) is 19.4 Å². The fourth-order valence-corrected chi connectivity index (χ4v) is 2.80. The van der Waals surface area contributed by atoms with Gasteiger partial charge in [0.1, 0.15) is 6.54 Å². The molecule has 0 aliphatic heterocycles. The van der Waals surface area contributed by atoms with Gasteiger partial charge in [-0.15, -0.1) is 0 Å². The molecule has 7 nitrogen and oxygen atoms in total. The number of rotatable bonds is 6. The number of carbonyl (C=O) groups is 2. The largest absolute Gasteiger partial charge is 0.468 e. The highest BCUT2D eigenvalue weighted by Crippen LogP contribution is 2.17. The Bertz CT molecular complexity index is 788. The van der Waals surface area contributed by atoms with Crippen LogP contribution in [0.15, 0.2) is 34.2 Å². The minimum atomic E-state index is -0.552. The summed E-state index contributed by atoms with van der Waals surface area (Å²) in [5, 5.41) is 3.40. The van der Waals surface area contributed by atoms with Crippen LogP contribution in [-0.2, 0) is 20.9 Å². The van der Waals surface area contributed by atoms with Crippen molar-refractivity contribution < 1.29 is 14.3 Å². The summed E-state index contributed by atoms with van der Waals surface area (Å²) in [6.07, 6.45) is 0. The van der Waals surface area contributed by atoms with Crippen molar-refractivity contribution in [1.82, 2.24) is 14.9 Å². The molecule has 0 unspecified atom stereocenters. The second kappa shape index (κ2) is 7.77. The molecule has 0 radical (unpaired) electrons. The van der Waals surface area contributed by atoms with E-state index < -0.39 is 5.97 Å². The SMILES string of the molecule is CCNC(=O)CSc1nc2ccccc2c(=O)n1CC(=O)OC. The molecule has 1 aromatic carbocycles. The lowest BCUT2D eigenvalue weighted by molar-refractivity contribution is -0.141. The number of nitrogens with zero attached hydrogens (tertiary/aromatic N) is 2. The molecule has 2 rings (SSSR count). The van der Waals surface area contributed by atoms with E-state index in [9.17, 15) is 14.4 Å². The van der Waals surface area contributed by atoms with Crippen molar-refractivity contribution in [1.29, 1.82) is 0 Å². The van der Waals surface area contributed by atoms with Crippen LogP contribution in [0, 0.1) is 0 Å². The monoisotopic (exact) mass is 335 g/mol. The van der Waals surface area contributed by atoms with E-state index in [2.05, 4.69) is 15.0 Å². The van der Waals surface area contributed by atoms with Gasteiger partial charge in [0.2, 0.25) is 5.91 Å². The number of nitrogens with one attached hydrogen (secondary N) is 1. The average molecular weight is 335 g/mol. The number of amides is 1. The van der Waals surface area contributed by atoms with Crippen LogP contribution in [0.3, 0.4) is 0 Å².